The molecule has 4 rings (SSSR count). The molecule has 1 amide bonds. The third-order valence-electron chi connectivity index (χ3n) is 5.43. The first-order valence-corrected chi connectivity index (χ1v) is 11.3. The van der Waals surface area contributed by atoms with Gasteiger partial charge in [-0.25, -0.2) is 5.43 Å². The summed E-state index contributed by atoms with van der Waals surface area (Å²) in [6, 6.07) is 28.7. The van der Waals surface area contributed by atoms with Gasteiger partial charge < -0.3 is 9.47 Å². The van der Waals surface area contributed by atoms with Crippen molar-refractivity contribution >= 4 is 22.9 Å². The standard InChI is InChI=1S/C29H25N3O3/c1-2-34-25-14-11-21(12-15-25)17-29(33)32-31-19-27-26-10-6-5-7-22(26)13-16-28(27)35-20-24-9-4-3-8-23(24)18-30/h3-16,19H,2,17,20H2,1H3,(H,32,33)/b31-19-. The molecule has 0 unspecified atom stereocenters. The molecule has 0 bridgehead atoms. The SMILES string of the molecule is CCOc1ccc(CC(=O)N/N=C\c2c(OCc3ccccc3C#N)ccc3ccccc23)cc1. The number of benzene rings is 4. The van der Waals surface area contributed by atoms with Crippen molar-refractivity contribution in [1.29, 1.82) is 5.26 Å². The summed E-state index contributed by atoms with van der Waals surface area (Å²) in [6.07, 6.45) is 1.80. The summed E-state index contributed by atoms with van der Waals surface area (Å²) < 4.78 is 11.5. The van der Waals surface area contributed by atoms with Crippen LogP contribution >= 0.6 is 0 Å². The Hall–Kier alpha value is -4.63. The lowest BCUT2D eigenvalue weighted by molar-refractivity contribution is -0.120. The van der Waals surface area contributed by atoms with E-state index in [1.807, 2.05) is 85.8 Å². The summed E-state index contributed by atoms with van der Waals surface area (Å²) in [4.78, 5) is 12.4. The van der Waals surface area contributed by atoms with Crippen LogP contribution in [0.3, 0.4) is 0 Å². The molecule has 35 heavy (non-hydrogen) atoms. The Kier molecular flexibility index (Phi) is 7.72. The van der Waals surface area contributed by atoms with Crippen LogP contribution in [0.15, 0.2) is 90.0 Å². The van der Waals surface area contributed by atoms with Crippen molar-refractivity contribution in [1.82, 2.24) is 5.43 Å². The average Bonchev–Trinajstić information content (AvgIpc) is 2.89. The van der Waals surface area contributed by atoms with Gasteiger partial charge >= 0.3 is 0 Å². The van der Waals surface area contributed by atoms with Gasteiger partial charge in [0.15, 0.2) is 0 Å². The zero-order valence-corrected chi connectivity index (χ0v) is 19.4. The largest absolute Gasteiger partial charge is 0.494 e. The highest BCUT2D eigenvalue weighted by Crippen LogP contribution is 2.27. The van der Waals surface area contributed by atoms with Crippen LogP contribution in [0.2, 0.25) is 0 Å². The molecule has 0 heterocycles. The van der Waals surface area contributed by atoms with E-state index in [-0.39, 0.29) is 18.9 Å². The number of hydrogen-bond donors (Lipinski definition) is 1. The van der Waals surface area contributed by atoms with Crippen LogP contribution in [-0.4, -0.2) is 18.7 Å². The van der Waals surface area contributed by atoms with E-state index in [2.05, 4.69) is 16.6 Å². The molecular weight excluding hydrogens is 438 g/mol. The van der Waals surface area contributed by atoms with Gasteiger partial charge in [-0.3, -0.25) is 4.79 Å². The second-order valence-corrected chi connectivity index (χ2v) is 7.80. The van der Waals surface area contributed by atoms with Gasteiger partial charge in [0.1, 0.15) is 18.1 Å². The van der Waals surface area contributed by atoms with Crippen molar-refractivity contribution in [2.45, 2.75) is 20.0 Å². The molecule has 0 spiro atoms. The maximum atomic E-state index is 12.4. The molecule has 4 aromatic rings. The molecule has 0 atom stereocenters. The topological polar surface area (TPSA) is 83.7 Å². The average molecular weight is 464 g/mol. The number of nitriles is 1. The first-order chi connectivity index (χ1) is 17.2. The maximum absolute atomic E-state index is 12.4. The smallest absolute Gasteiger partial charge is 0.244 e. The first-order valence-electron chi connectivity index (χ1n) is 11.3. The highest BCUT2D eigenvalue weighted by atomic mass is 16.5. The number of nitrogens with one attached hydrogen (secondary N) is 1. The second-order valence-electron chi connectivity index (χ2n) is 7.80. The number of amides is 1. The minimum Gasteiger partial charge on any atom is -0.494 e. The highest BCUT2D eigenvalue weighted by molar-refractivity contribution is 6.02. The summed E-state index contributed by atoms with van der Waals surface area (Å²) >= 11 is 0. The molecular formula is C29H25N3O3. The Balaban J connectivity index is 1.49. The minimum absolute atomic E-state index is 0.202. The van der Waals surface area contributed by atoms with Crippen molar-refractivity contribution in [3.63, 3.8) is 0 Å². The number of nitrogens with zero attached hydrogens (tertiary/aromatic N) is 2. The number of ether oxygens (including phenoxy) is 2. The van der Waals surface area contributed by atoms with Crippen molar-refractivity contribution in [3.05, 3.63) is 107 Å². The summed E-state index contributed by atoms with van der Waals surface area (Å²) in [6.45, 7) is 2.77. The monoisotopic (exact) mass is 463 g/mol. The first kappa shape index (κ1) is 23.5. The van der Waals surface area contributed by atoms with Crippen LogP contribution < -0.4 is 14.9 Å². The highest BCUT2D eigenvalue weighted by Gasteiger charge is 2.10. The third-order valence-corrected chi connectivity index (χ3v) is 5.43. The lowest BCUT2D eigenvalue weighted by atomic mass is 10.0. The number of hydrogen-bond acceptors (Lipinski definition) is 5. The van der Waals surface area contributed by atoms with Gasteiger partial charge in [0.25, 0.3) is 0 Å². The Morgan fingerprint density at radius 3 is 2.54 bits per heavy atom. The normalized spacial score (nSPS) is 10.7. The van der Waals surface area contributed by atoms with Crippen LogP contribution in [-0.2, 0) is 17.8 Å². The lowest BCUT2D eigenvalue weighted by Crippen LogP contribution is -2.19. The summed E-state index contributed by atoms with van der Waals surface area (Å²) in [5.74, 6) is 1.16. The molecule has 174 valence electrons. The van der Waals surface area contributed by atoms with Gasteiger partial charge in [-0.15, -0.1) is 0 Å². The summed E-state index contributed by atoms with van der Waals surface area (Å²) in [7, 11) is 0. The minimum atomic E-state index is -0.226. The predicted molar refractivity (Wildman–Crippen MR) is 136 cm³/mol. The third kappa shape index (κ3) is 6.04. The van der Waals surface area contributed by atoms with Crippen LogP contribution in [0.1, 0.15) is 29.2 Å². The molecule has 4 aromatic carbocycles. The quantitative estimate of drug-likeness (QED) is 0.267. The fourth-order valence-corrected chi connectivity index (χ4v) is 3.71. The Morgan fingerprint density at radius 2 is 1.74 bits per heavy atom. The van der Waals surface area contributed by atoms with E-state index in [4.69, 9.17) is 9.47 Å². The number of rotatable bonds is 9. The lowest BCUT2D eigenvalue weighted by Gasteiger charge is -2.12. The van der Waals surface area contributed by atoms with Gasteiger partial charge in [-0.1, -0.05) is 60.7 Å². The van der Waals surface area contributed by atoms with Crippen molar-refractivity contribution < 1.29 is 14.3 Å². The fourth-order valence-electron chi connectivity index (χ4n) is 3.71. The molecule has 0 radical (unpaired) electrons. The molecule has 0 aromatic heterocycles. The van der Waals surface area contributed by atoms with Gasteiger partial charge in [0.05, 0.1) is 30.9 Å². The van der Waals surface area contributed by atoms with Gasteiger partial charge in [-0.05, 0) is 47.5 Å². The molecule has 0 aliphatic rings. The molecule has 0 aliphatic heterocycles. The van der Waals surface area contributed by atoms with E-state index in [1.54, 1.807) is 12.3 Å². The predicted octanol–water partition coefficient (Wildman–Crippen LogP) is 5.38. The maximum Gasteiger partial charge on any atom is 0.244 e. The van der Waals surface area contributed by atoms with Gasteiger partial charge in [0.2, 0.25) is 5.91 Å². The fraction of sp³-hybridized carbons (Fsp3) is 0.138. The van der Waals surface area contributed by atoms with E-state index in [1.165, 1.54) is 0 Å². The molecule has 0 saturated carbocycles. The van der Waals surface area contributed by atoms with Crippen LogP contribution in [0, 0.1) is 11.3 Å². The van der Waals surface area contributed by atoms with E-state index >= 15 is 0 Å². The van der Waals surface area contributed by atoms with Crippen molar-refractivity contribution in [3.8, 4) is 17.6 Å². The molecule has 1 N–H and O–H groups in total. The molecule has 6 nitrogen and oxygen atoms in total. The zero-order valence-electron chi connectivity index (χ0n) is 19.4. The Bertz CT molecular complexity index is 1390. The van der Waals surface area contributed by atoms with Gasteiger partial charge in [-0.2, -0.15) is 10.4 Å². The molecule has 0 aliphatic carbocycles. The molecule has 6 heteroatoms. The molecule has 0 fully saturated rings. The Labute approximate surface area is 204 Å². The second kappa shape index (κ2) is 11.5. The number of carbonyl (C=O) groups excluding carboxylic acids is 1. The number of carbonyl (C=O) groups is 1. The van der Waals surface area contributed by atoms with E-state index in [9.17, 15) is 10.1 Å². The van der Waals surface area contributed by atoms with E-state index in [0.717, 1.165) is 33.2 Å². The number of hydrazone groups is 1. The number of fused-ring (bicyclic) bond motifs is 1. The summed E-state index contributed by atoms with van der Waals surface area (Å²) in [5.41, 5.74) is 5.59. The zero-order chi connectivity index (χ0) is 24.5. The van der Waals surface area contributed by atoms with E-state index in [0.29, 0.717) is 17.9 Å². The van der Waals surface area contributed by atoms with Crippen molar-refractivity contribution in [2.75, 3.05) is 6.61 Å². The van der Waals surface area contributed by atoms with Gasteiger partial charge in [0, 0.05) is 11.1 Å². The summed E-state index contributed by atoms with van der Waals surface area (Å²) in [5, 5.41) is 15.5. The Morgan fingerprint density at radius 1 is 0.971 bits per heavy atom. The van der Waals surface area contributed by atoms with Crippen LogP contribution in [0.5, 0.6) is 11.5 Å². The van der Waals surface area contributed by atoms with Crippen molar-refractivity contribution in [2.24, 2.45) is 5.10 Å². The van der Waals surface area contributed by atoms with Crippen LogP contribution in [0.25, 0.3) is 10.8 Å². The van der Waals surface area contributed by atoms with E-state index < -0.39 is 0 Å². The van der Waals surface area contributed by atoms with Crippen LogP contribution in [0.4, 0.5) is 0 Å². The molecule has 0 saturated heterocycles.